The fourth-order valence-electron chi connectivity index (χ4n) is 3.59. The number of esters is 1. The molecule has 0 radical (unpaired) electrons. The highest BCUT2D eigenvalue weighted by Gasteiger charge is 2.28. The lowest BCUT2D eigenvalue weighted by molar-refractivity contribution is 0.0588. The summed E-state index contributed by atoms with van der Waals surface area (Å²) in [6.07, 6.45) is 1.37. The molecule has 31 heavy (non-hydrogen) atoms. The Morgan fingerprint density at radius 2 is 1.81 bits per heavy atom. The highest BCUT2D eigenvalue weighted by molar-refractivity contribution is 6.05. The first-order valence-electron chi connectivity index (χ1n) is 9.59. The third-order valence-electron chi connectivity index (χ3n) is 5.23. The standard InChI is InChI=1S/C23H23FN2O5/c1-14-20(15(2)25(3)21(14)23(29)30-4)18(27)13-26(22(28)19-6-5-11-31-19)12-16-7-9-17(24)10-8-16/h5-11H,12-13H2,1-4H3. The van der Waals surface area contributed by atoms with Gasteiger partial charge in [0.1, 0.15) is 11.5 Å². The smallest absolute Gasteiger partial charge is 0.354 e. The number of nitrogens with zero attached hydrogens (tertiary/aromatic N) is 2. The zero-order valence-electron chi connectivity index (χ0n) is 17.8. The number of halogens is 1. The van der Waals surface area contributed by atoms with Gasteiger partial charge in [0.25, 0.3) is 5.91 Å². The molecule has 0 saturated carbocycles. The third-order valence-corrected chi connectivity index (χ3v) is 5.23. The Labute approximate surface area is 179 Å². The van der Waals surface area contributed by atoms with E-state index in [1.54, 1.807) is 43.7 Å². The Balaban J connectivity index is 1.94. The average molecular weight is 426 g/mol. The van der Waals surface area contributed by atoms with Gasteiger partial charge in [-0.05, 0) is 49.2 Å². The van der Waals surface area contributed by atoms with Gasteiger partial charge in [-0.25, -0.2) is 9.18 Å². The molecule has 0 saturated heterocycles. The summed E-state index contributed by atoms with van der Waals surface area (Å²) in [7, 11) is 2.95. The molecule has 7 nitrogen and oxygen atoms in total. The van der Waals surface area contributed by atoms with Gasteiger partial charge in [-0.1, -0.05) is 12.1 Å². The Hall–Kier alpha value is -3.68. The van der Waals surface area contributed by atoms with Crippen LogP contribution in [0.4, 0.5) is 4.39 Å². The average Bonchev–Trinajstić information content (AvgIpc) is 3.35. The Morgan fingerprint density at radius 3 is 2.39 bits per heavy atom. The molecule has 0 spiro atoms. The maximum absolute atomic E-state index is 13.3. The van der Waals surface area contributed by atoms with Crippen molar-refractivity contribution < 1.29 is 27.9 Å². The van der Waals surface area contributed by atoms with Crippen molar-refractivity contribution in [3.8, 4) is 0 Å². The summed E-state index contributed by atoms with van der Waals surface area (Å²) in [6, 6.07) is 8.78. The summed E-state index contributed by atoms with van der Waals surface area (Å²) >= 11 is 0. The molecule has 8 heteroatoms. The number of rotatable bonds is 7. The molecule has 0 bridgehead atoms. The quantitative estimate of drug-likeness (QED) is 0.425. The van der Waals surface area contributed by atoms with E-state index in [-0.39, 0.29) is 30.3 Å². The van der Waals surface area contributed by atoms with Gasteiger partial charge in [-0.3, -0.25) is 9.59 Å². The second-order valence-electron chi connectivity index (χ2n) is 7.17. The summed E-state index contributed by atoms with van der Waals surface area (Å²) < 4.78 is 24.9. The van der Waals surface area contributed by atoms with E-state index in [1.165, 1.54) is 36.5 Å². The number of hydrogen-bond donors (Lipinski definition) is 0. The number of aromatic nitrogens is 1. The number of ether oxygens (including phenoxy) is 1. The number of furan rings is 1. The van der Waals surface area contributed by atoms with E-state index >= 15 is 0 Å². The van der Waals surface area contributed by atoms with Crippen LogP contribution in [0, 0.1) is 19.7 Å². The van der Waals surface area contributed by atoms with E-state index in [0.29, 0.717) is 22.4 Å². The third kappa shape index (κ3) is 4.42. The largest absolute Gasteiger partial charge is 0.464 e. The minimum absolute atomic E-state index is 0.0837. The predicted octanol–water partition coefficient (Wildman–Crippen LogP) is 3.69. The van der Waals surface area contributed by atoms with E-state index in [0.717, 1.165) is 0 Å². The zero-order chi connectivity index (χ0) is 22.7. The van der Waals surface area contributed by atoms with Crippen molar-refractivity contribution in [2.75, 3.05) is 13.7 Å². The van der Waals surface area contributed by atoms with Crippen molar-refractivity contribution in [1.82, 2.24) is 9.47 Å². The monoisotopic (exact) mass is 426 g/mol. The number of carbonyl (C=O) groups excluding carboxylic acids is 3. The van der Waals surface area contributed by atoms with Gasteiger partial charge in [0, 0.05) is 24.8 Å². The molecule has 0 aliphatic heterocycles. The van der Waals surface area contributed by atoms with Crippen LogP contribution in [0.2, 0.25) is 0 Å². The van der Waals surface area contributed by atoms with Crippen molar-refractivity contribution in [1.29, 1.82) is 0 Å². The first-order chi connectivity index (χ1) is 14.7. The van der Waals surface area contributed by atoms with E-state index in [9.17, 15) is 18.8 Å². The van der Waals surface area contributed by atoms with E-state index < -0.39 is 17.7 Å². The molecule has 3 rings (SSSR count). The molecule has 0 atom stereocenters. The molecule has 2 aromatic heterocycles. The molecule has 0 aliphatic rings. The molecule has 0 unspecified atom stereocenters. The Kier molecular flexibility index (Phi) is 6.39. The number of amides is 1. The van der Waals surface area contributed by atoms with Crippen molar-refractivity contribution in [2.45, 2.75) is 20.4 Å². The van der Waals surface area contributed by atoms with Gasteiger partial charge in [0.2, 0.25) is 0 Å². The molecular formula is C23H23FN2O5. The maximum Gasteiger partial charge on any atom is 0.354 e. The van der Waals surface area contributed by atoms with E-state index in [1.807, 2.05) is 0 Å². The van der Waals surface area contributed by atoms with Gasteiger partial charge in [0.15, 0.2) is 11.5 Å². The topological polar surface area (TPSA) is 81.8 Å². The number of ketones is 1. The molecule has 0 aliphatic carbocycles. The second-order valence-corrected chi connectivity index (χ2v) is 7.17. The minimum atomic E-state index is -0.544. The van der Waals surface area contributed by atoms with Crippen LogP contribution in [0.1, 0.15) is 48.2 Å². The summed E-state index contributed by atoms with van der Waals surface area (Å²) in [5, 5.41) is 0. The summed E-state index contributed by atoms with van der Waals surface area (Å²) in [5.74, 6) is -1.65. The first kappa shape index (κ1) is 22.0. The van der Waals surface area contributed by atoms with E-state index in [4.69, 9.17) is 9.15 Å². The van der Waals surface area contributed by atoms with Crippen LogP contribution < -0.4 is 0 Å². The lowest BCUT2D eigenvalue weighted by Crippen LogP contribution is -2.35. The normalized spacial score (nSPS) is 10.7. The summed E-state index contributed by atoms with van der Waals surface area (Å²) in [5.41, 5.74) is 2.38. The van der Waals surface area contributed by atoms with Gasteiger partial charge in [0.05, 0.1) is 19.9 Å². The lowest BCUT2D eigenvalue weighted by Gasteiger charge is -2.21. The van der Waals surface area contributed by atoms with Crippen molar-refractivity contribution in [3.63, 3.8) is 0 Å². The Bertz CT molecular complexity index is 1110. The second kappa shape index (κ2) is 8.99. The maximum atomic E-state index is 13.3. The molecule has 2 heterocycles. The van der Waals surface area contributed by atoms with Crippen molar-refractivity contribution >= 4 is 17.7 Å². The minimum Gasteiger partial charge on any atom is -0.464 e. The SMILES string of the molecule is COC(=O)c1c(C)c(C(=O)CN(Cc2ccc(F)cc2)C(=O)c2ccco2)c(C)n1C. The zero-order valence-corrected chi connectivity index (χ0v) is 17.8. The van der Waals surface area contributed by atoms with Gasteiger partial charge in [-0.15, -0.1) is 0 Å². The first-order valence-corrected chi connectivity index (χ1v) is 9.59. The van der Waals surface area contributed by atoms with Crippen molar-refractivity contribution in [3.05, 3.63) is 82.3 Å². The molecule has 3 aromatic rings. The van der Waals surface area contributed by atoms with Crippen LogP contribution in [0.5, 0.6) is 0 Å². The van der Waals surface area contributed by atoms with Gasteiger partial charge in [-0.2, -0.15) is 0 Å². The van der Waals surface area contributed by atoms with Crippen molar-refractivity contribution in [2.24, 2.45) is 7.05 Å². The molecule has 162 valence electrons. The number of carbonyl (C=O) groups is 3. The summed E-state index contributed by atoms with van der Waals surface area (Å²) in [6.45, 7) is 3.24. The lowest BCUT2D eigenvalue weighted by atomic mass is 10.0. The predicted molar refractivity (Wildman–Crippen MR) is 110 cm³/mol. The highest BCUT2D eigenvalue weighted by atomic mass is 19.1. The molecule has 1 amide bonds. The van der Waals surface area contributed by atoms with Gasteiger partial charge < -0.3 is 18.6 Å². The Morgan fingerprint density at radius 1 is 1.13 bits per heavy atom. The van der Waals surface area contributed by atoms with Crippen LogP contribution in [0.3, 0.4) is 0 Å². The number of Topliss-reactive ketones (excluding diaryl/α,β-unsaturated/α-hetero) is 1. The van der Waals surface area contributed by atoms with E-state index in [2.05, 4.69) is 0 Å². The molecule has 0 N–H and O–H groups in total. The highest BCUT2D eigenvalue weighted by Crippen LogP contribution is 2.23. The number of hydrogen-bond acceptors (Lipinski definition) is 5. The molecular weight excluding hydrogens is 403 g/mol. The van der Waals surface area contributed by atoms with Gasteiger partial charge >= 0.3 is 5.97 Å². The van der Waals surface area contributed by atoms with Crippen LogP contribution in [0.25, 0.3) is 0 Å². The summed E-state index contributed by atoms with van der Waals surface area (Å²) in [4.78, 5) is 39.7. The number of benzene rings is 1. The van der Waals surface area contributed by atoms with Crippen LogP contribution in [0.15, 0.2) is 47.1 Å². The van der Waals surface area contributed by atoms with Crippen LogP contribution in [-0.4, -0.2) is 40.8 Å². The molecule has 0 fully saturated rings. The number of methoxy groups -OCH3 is 1. The van der Waals surface area contributed by atoms with Crippen LogP contribution in [-0.2, 0) is 18.3 Å². The molecule has 1 aromatic carbocycles. The fraction of sp³-hybridized carbons (Fsp3) is 0.261. The fourth-order valence-corrected chi connectivity index (χ4v) is 3.59. The van der Waals surface area contributed by atoms with Crippen LogP contribution >= 0.6 is 0 Å².